The lowest BCUT2D eigenvalue weighted by molar-refractivity contribution is 0.354. The summed E-state index contributed by atoms with van der Waals surface area (Å²) in [5, 5.41) is -0.611. The van der Waals surface area contributed by atoms with Crippen LogP contribution in [0.2, 0.25) is 0 Å². The van der Waals surface area contributed by atoms with Crippen molar-refractivity contribution in [2.75, 3.05) is 14.2 Å². The molecule has 2 aromatic rings. The quantitative estimate of drug-likeness (QED) is 0.767. The number of hydrogen-bond acceptors (Lipinski definition) is 2. The molecule has 1 atom stereocenters. The zero-order valence-electron chi connectivity index (χ0n) is 11.9. The Morgan fingerprint density at radius 2 is 1.57 bits per heavy atom. The SMILES string of the molecule is COc1cc(C)c(C(Cl)c2ccc(F)c(F)c2)cc1OC. The minimum absolute atomic E-state index is 0.478. The average Bonchev–Trinajstić information content (AvgIpc) is 2.49. The van der Waals surface area contributed by atoms with E-state index < -0.39 is 17.0 Å². The summed E-state index contributed by atoms with van der Waals surface area (Å²) >= 11 is 6.40. The zero-order valence-corrected chi connectivity index (χ0v) is 12.7. The molecule has 5 heteroatoms. The first-order valence-electron chi connectivity index (χ1n) is 6.29. The predicted molar refractivity (Wildman–Crippen MR) is 78.3 cm³/mol. The topological polar surface area (TPSA) is 18.5 Å². The van der Waals surface area contributed by atoms with Crippen LogP contribution in [0, 0.1) is 18.6 Å². The highest BCUT2D eigenvalue weighted by Crippen LogP contribution is 2.38. The van der Waals surface area contributed by atoms with Gasteiger partial charge in [-0.05, 0) is 47.9 Å². The molecule has 0 saturated heterocycles. The molecule has 0 fully saturated rings. The number of halogens is 3. The lowest BCUT2D eigenvalue weighted by atomic mass is 9.99. The van der Waals surface area contributed by atoms with E-state index >= 15 is 0 Å². The number of aryl methyl sites for hydroxylation is 1. The highest BCUT2D eigenvalue weighted by Gasteiger charge is 2.18. The van der Waals surface area contributed by atoms with Crippen molar-refractivity contribution < 1.29 is 18.3 Å². The van der Waals surface area contributed by atoms with Gasteiger partial charge in [-0.15, -0.1) is 11.6 Å². The molecule has 0 bridgehead atoms. The van der Waals surface area contributed by atoms with E-state index in [4.69, 9.17) is 21.1 Å². The van der Waals surface area contributed by atoms with Gasteiger partial charge in [-0.2, -0.15) is 0 Å². The average molecular weight is 313 g/mol. The highest BCUT2D eigenvalue weighted by molar-refractivity contribution is 6.22. The largest absolute Gasteiger partial charge is 0.493 e. The maximum atomic E-state index is 13.3. The smallest absolute Gasteiger partial charge is 0.161 e. The van der Waals surface area contributed by atoms with Crippen LogP contribution in [-0.4, -0.2) is 14.2 Å². The Bertz CT molecular complexity index is 659. The summed E-state index contributed by atoms with van der Waals surface area (Å²) in [6, 6.07) is 7.17. The second-order valence-corrected chi connectivity index (χ2v) is 5.04. The number of hydrogen-bond donors (Lipinski definition) is 0. The van der Waals surface area contributed by atoms with E-state index in [1.807, 2.05) is 6.92 Å². The van der Waals surface area contributed by atoms with Crippen LogP contribution in [0.4, 0.5) is 8.78 Å². The molecule has 0 aliphatic carbocycles. The molecule has 0 radical (unpaired) electrons. The molecular formula is C16H15ClF2O2. The molecule has 0 heterocycles. The van der Waals surface area contributed by atoms with Crippen LogP contribution in [0.3, 0.4) is 0 Å². The third-order valence-corrected chi connectivity index (χ3v) is 3.77. The minimum atomic E-state index is -0.920. The normalized spacial score (nSPS) is 12.1. The van der Waals surface area contributed by atoms with Gasteiger partial charge in [-0.1, -0.05) is 6.07 Å². The van der Waals surface area contributed by atoms with Crippen molar-refractivity contribution in [2.45, 2.75) is 12.3 Å². The second-order valence-electron chi connectivity index (χ2n) is 4.60. The lowest BCUT2D eigenvalue weighted by Crippen LogP contribution is -2.00. The van der Waals surface area contributed by atoms with Crippen LogP contribution in [0.15, 0.2) is 30.3 Å². The van der Waals surface area contributed by atoms with Crippen LogP contribution in [-0.2, 0) is 0 Å². The lowest BCUT2D eigenvalue weighted by Gasteiger charge is -2.17. The first-order chi connectivity index (χ1) is 9.97. The highest BCUT2D eigenvalue weighted by atomic mass is 35.5. The van der Waals surface area contributed by atoms with Gasteiger partial charge in [0.05, 0.1) is 19.6 Å². The molecule has 112 valence electrons. The summed E-state index contributed by atoms with van der Waals surface area (Å²) in [6.45, 7) is 1.87. The summed E-state index contributed by atoms with van der Waals surface area (Å²) in [4.78, 5) is 0. The third kappa shape index (κ3) is 3.10. The van der Waals surface area contributed by atoms with Crippen LogP contribution < -0.4 is 9.47 Å². The number of rotatable bonds is 4. The monoisotopic (exact) mass is 312 g/mol. The molecular weight excluding hydrogens is 298 g/mol. The Balaban J connectivity index is 2.47. The second kappa shape index (κ2) is 6.31. The first-order valence-corrected chi connectivity index (χ1v) is 6.73. The van der Waals surface area contributed by atoms with Gasteiger partial charge in [0, 0.05) is 0 Å². The van der Waals surface area contributed by atoms with E-state index in [1.165, 1.54) is 13.2 Å². The zero-order chi connectivity index (χ0) is 15.6. The standard InChI is InChI=1S/C16H15ClF2O2/c1-9-6-14(20-2)15(21-3)8-11(9)16(17)10-4-5-12(18)13(19)7-10/h4-8,16H,1-3H3. The maximum absolute atomic E-state index is 13.3. The van der Waals surface area contributed by atoms with Crippen molar-refractivity contribution in [2.24, 2.45) is 0 Å². The number of ether oxygens (including phenoxy) is 2. The molecule has 2 rings (SSSR count). The molecule has 0 saturated carbocycles. The van der Waals surface area contributed by atoms with Gasteiger partial charge < -0.3 is 9.47 Å². The Kier molecular flexibility index (Phi) is 4.68. The van der Waals surface area contributed by atoms with Crippen molar-refractivity contribution in [1.29, 1.82) is 0 Å². The Morgan fingerprint density at radius 3 is 2.14 bits per heavy atom. The Labute approximate surface area is 127 Å². The fraction of sp³-hybridized carbons (Fsp3) is 0.250. The fourth-order valence-electron chi connectivity index (χ4n) is 2.12. The van der Waals surface area contributed by atoms with Crippen molar-refractivity contribution in [3.63, 3.8) is 0 Å². The minimum Gasteiger partial charge on any atom is -0.493 e. The molecule has 2 nitrogen and oxygen atoms in total. The van der Waals surface area contributed by atoms with E-state index in [2.05, 4.69) is 0 Å². The van der Waals surface area contributed by atoms with E-state index in [-0.39, 0.29) is 0 Å². The van der Waals surface area contributed by atoms with Crippen molar-refractivity contribution in [1.82, 2.24) is 0 Å². The fourth-order valence-corrected chi connectivity index (χ4v) is 2.49. The summed E-state index contributed by atoms with van der Waals surface area (Å²) in [6.07, 6.45) is 0. The van der Waals surface area contributed by atoms with Gasteiger partial charge in [0.15, 0.2) is 23.1 Å². The van der Waals surface area contributed by atoms with Crippen LogP contribution in [0.1, 0.15) is 22.1 Å². The Morgan fingerprint density at radius 1 is 0.952 bits per heavy atom. The molecule has 1 unspecified atom stereocenters. The molecule has 0 aliphatic rings. The molecule has 2 aromatic carbocycles. The molecule has 0 N–H and O–H groups in total. The van der Waals surface area contributed by atoms with Gasteiger partial charge in [0.1, 0.15) is 0 Å². The maximum Gasteiger partial charge on any atom is 0.161 e. The van der Waals surface area contributed by atoms with Crippen LogP contribution in [0.5, 0.6) is 11.5 Å². The molecule has 0 aliphatic heterocycles. The summed E-state index contributed by atoms with van der Waals surface area (Å²) in [5.74, 6) is -0.692. The van der Waals surface area contributed by atoms with Crippen molar-refractivity contribution in [3.05, 3.63) is 58.7 Å². The van der Waals surface area contributed by atoms with E-state index in [1.54, 1.807) is 19.2 Å². The Hall–Kier alpha value is -1.81. The number of alkyl halides is 1. The van der Waals surface area contributed by atoms with Gasteiger partial charge >= 0.3 is 0 Å². The first kappa shape index (κ1) is 15.6. The number of methoxy groups -OCH3 is 2. The van der Waals surface area contributed by atoms with Crippen molar-refractivity contribution >= 4 is 11.6 Å². The molecule has 0 amide bonds. The molecule has 21 heavy (non-hydrogen) atoms. The van der Waals surface area contributed by atoms with Crippen LogP contribution in [0.25, 0.3) is 0 Å². The summed E-state index contributed by atoms with van der Waals surface area (Å²) in [5.41, 5.74) is 2.10. The van der Waals surface area contributed by atoms with E-state index in [9.17, 15) is 8.78 Å². The van der Waals surface area contributed by atoms with Crippen molar-refractivity contribution in [3.8, 4) is 11.5 Å². The summed E-state index contributed by atoms with van der Waals surface area (Å²) < 4.78 is 36.8. The summed E-state index contributed by atoms with van der Waals surface area (Å²) in [7, 11) is 3.07. The van der Waals surface area contributed by atoms with Gasteiger partial charge in [-0.3, -0.25) is 0 Å². The molecule has 0 spiro atoms. The predicted octanol–water partition coefficient (Wildman–Crippen LogP) is 4.62. The van der Waals surface area contributed by atoms with Gasteiger partial charge in [0.25, 0.3) is 0 Å². The third-order valence-electron chi connectivity index (χ3n) is 3.28. The molecule has 0 aromatic heterocycles. The number of benzene rings is 2. The van der Waals surface area contributed by atoms with E-state index in [0.717, 1.165) is 23.3 Å². The van der Waals surface area contributed by atoms with Gasteiger partial charge in [-0.25, -0.2) is 8.78 Å². The van der Waals surface area contributed by atoms with E-state index in [0.29, 0.717) is 17.1 Å². The van der Waals surface area contributed by atoms with Crippen LogP contribution >= 0.6 is 11.6 Å². The van der Waals surface area contributed by atoms with Gasteiger partial charge in [0.2, 0.25) is 0 Å².